The molecule has 0 bridgehead atoms. The van der Waals surface area contributed by atoms with Crippen LogP contribution in [-0.2, 0) is 16.2 Å². The van der Waals surface area contributed by atoms with Crippen LogP contribution in [0, 0.1) is 11.3 Å². The lowest BCUT2D eigenvalue weighted by molar-refractivity contribution is -0.137. The number of rotatable bonds is 4. The van der Waals surface area contributed by atoms with Gasteiger partial charge >= 0.3 is 6.18 Å². The number of piperidine rings is 1. The van der Waals surface area contributed by atoms with Crippen LogP contribution in [0.2, 0.25) is 0 Å². The molecule has 3 aromatic rings. The number of aromatic nitrogens is 3. The fourth-order valence-electron chi connectivity index (χ4n) is 5.35. The molecule has 1 atom stereocenters. The first kappa shape index (κ1) is 24.0. The molecular weight excluding hydrogens is 507 g/mol. The molecule has 0 radical (unpaired) electrons. The van der Waals surface area contributed by atoms with Crippen molar-refractivity contribution in [2.45, 2.75) is 49.9 Å². The third kappa shape index (κ3) is 4.18. The zero-order valence-corrected chi connectivity index (χ0v) is 20.5. The number of H-pyrrole nitrogens is 1. The van der Waals surface area contributed by atoms with Crippen molar-refractivity contribution in [3.05, 3.63) is 35.7 Å². The second-order valence-corrected chi connectivity index (χ2v) is 11.9. The highest BCUT2D eigenvalue weighted by molar-refractivity contribution is 7.93. The monoisotopic (exact) mass is 531 g/mol. The number of nitriles is 1. The summed E-state index contributed by atoms with van der Waals surface area (Å²) in [5.74, 6) is 0.0323. The molecule has 1 aliphatic carbocycles. The molecule has 6 rings (SSSR count). The number of fused-ring (bicyclic) bond motifs is 1. The van der Waals surface area contributed by atoms with E-state index in [2.05, 4.69) is 25.6 Å². The lowest BCUT2D eigenvalue weighted by Gasteiger charge is -2.30. The first-order valence-corrected chi connectivity index (χ1v) is 13.7. The van der Waals surface area contributed by atoms with Gasteiger partial charge < -0.3 is 15.6 Å². The Morgan fingerprint density at radius 2 is 2.05 bits per heavy atom. The van der Waals surface area contributed by atoms with E-state index in [1.165, 1.54) is 18.3 Å². The van der Waals surface area contributed by atoms with Gasteiger partial charge in [0.2, 0.25) is 16.0 Å². The van der Waals surface area contributed by atoms with Gasteiger partial charge in [-0.2, -0.15) is 18.4 Å². The van der Waals surface area contributed by atoms with Crippen molar-refractivity contribution in [1.29, 1.82) is 5.26 Å². The predicted molar refractivity (Wildman–Crippen MR) is 131 cm³/mol. The molecule has 1 saturated carbocycles. The van der Waals surface area contributed by atoms with Crippen LogP contribution in [0.25, 0.3) is 22.2 Å². The first-order chi connectivity index (χ1) is 17.6. The average molecular weight is 532 g/mol. The Morgan fingerprint density at radius 1 is 1.24 bits per heavy atom. The topological polar surface area (TPSA) is 127 Å². The van der Waals surface area contributed by atoms with Crippen molar-refractivity contribution < 1.29 is 21.6 Å². The summed E-state index contributed by atoms with van der Waals surface area (Å²) >= 11 is 0. The summed E-state index contributed by atoms with van der Waals surface area (Å²) in [6, 6.07) is 4.94. The number of hydrogen-bond acceptors (Lipinski definition) is 7. The quantitative estimate of drug-likeness (QED) is 0.468. The molecule has 3 aliphatic rings. The minimum absolute atomic E-state index is 0.0102. The van der Waals surface area contributed by atoms with Crippen LogP contribution in [0.1, 0.15) is 43.2 Å². The fourth-order valence-corrected chi connectivity index (χ4v) is 6.94. The molecule has 194 valence electrons. The highest BCUT2D eigenvalue weighted by Crippen LogP contribution is 2.43. The van der Waals surface area contributed by atoms with Gasteiger partial charge in [0.15, 0.2) is 0 Å². The zero-order valence-electron chi connectivity index (χ0n) is 19.7. The third-order valence-electron chi connectivity index (χ3n) is 7.53. The van der Waals surface area contributed by atoms with Gasteiger partial charge in [0, 0.05) is 48.0 Å². The van der Waals surface area contributed by atoms with E-state index in [1.54, 1.807) is 0 Å². The fraction of sp³-hybridized carbons (Fsp3) is 0.458. The Morgan fingerprint density at radius 3 is 2.68 bits per heavy atom. The first-order valence-electron chi connectivity index (χ1n) is 12.1. The lowest BCUT2D eigenvalue weighted by Crippen LogP contribution is -2.46. The molecule has 3 fully saturated rings. The summed E-state index contributed by atoms with van der Waals surface area (Å²) in [5, 5.41) is 16.7. The van der Waals surface area contributed by atoms with Crippen LogP contribution in [0.5, 0.6) is 0 Å². The zero-order chi connectivity index (χ0) is 26.0. The Kier molecular flexibility index (Phi) is 5.40. The summed E-state index contributed by atoms with van der Waals surface area (Å²) in [7, 11) is -3.64. The number of nitrogens with zero attached hydrogens (tertiary/aromatic N) is 4. The number of aromatic amines is 1. The normalized spacial score (nSPS) is 22.3. The van der Waals surface area contributed by atoms with Gasteiger partial charge in [-0.25, -0.2) is 18.4 Å². The SMILES string of the molecule is N#Cc1ccc2c(-c3nc(N[C@H]4CCC5(CC5)NC4)ncc3C(F)(F)F)c[nH]c2c1N1CCCS1(=O)=O. The molecule has 13 heteroatoms. The van der Waals surface area contributed by atoms with E-state index < -0.39 is 21.8 Å². The van der Waals surface area contributed by atoms with Crippen LogP contribution in [0.15, 0.2) is 24.5 Å². The van der Waals surface area contributed by atoms with E-state index in [4.69, 9.17) is 0 Å². The van der Waals surface area contributed by atoms with Crippen molar-refractivity contribution >= 4 is 32.6 Å². The number of sulfonamides is 1. The lowest BCUT2D eigenvalue weighted by atomic mass is 9.99. The van der Waals surface area contributed by atoms with Crippen LogP contribution >= 0.6 is 0 Å². The average Bonchev–Trinajstić information content (AvgIpc) is 3.31. The van der Waals surface area contributed by atoms with Crippen LogP contribution < -0.4 is 14.9 Å². The van der Waals surface area contributed by atoms with Gasteiger partial charge in [0.05, 0.1) is 28.2 Å². The molecule has 2 aromatic heterocycles. The number of nitrogens with one attached hydrogen (secondary N) is 3. The highest BCUT2D eigenvalue weighted by Gasteiger charge is 2.45. The molecule has 0 unspecified atom stereocenters. The van der Waals surface area contributed by atoms with Gasteiger partial charge in [0.1, 0.15) is 11.6 Å². The molecular formula is C24H24F3N7O2S. The third-order valence-corrected chi connectivity index (χ3v) is 9.37. The summed E-state index contributed by atoms with van der Waals surface area (Å²) < 4.78 is 68.5. The van der Waals surface area contributed by atoms with Crippen molar-refractivity contribution in [3.8, 4) is 17.3 Å². The Hall–Kier alpha value is -3.37. The van der Waals surface area contributed by atoms with Crippen molar-refractivity contribution in [1.82, 2.24) is 20.3 Å². The van der Waals surface area contributed by atoms with E-state index in [0.717, 1.165) is 36.2 Å². The smallest absolute Gasteiger partial charge is 0.359 e. The molecule has 1 spiro atoms. The van der Waals surface area contributed by atoms with Gasteiger partial charge in [-0.15, -0.1) is 0 Å². The van der Waals surface area contributed by atoms with Crippen LogP contribution in [0.4, 0.5) is 24.8 Å². The van der Waals surface area contributed by atoms with Crippen LogP contribution in [-0.4, -0.2) is 53.8 Å². The minimum Gasteiger partial charge on any atom is -0.359 e. The number of hydrogen-bond donors (Lipinski definition) is 3. The minimum atomic E-state index is -4.71. The summed E-state index contributed by atoms with van der Waals surface area (Å²) in [4.78, 5) is 11.2. The van der Waals surface area contributed by atoms with E-state index in [-0.39, 0.29) is 57.9 Å². The van der Waals surface area contributed by atoms with Gasteiger partial charge in [-0.1, -0.05) is 6.07 Å². The molecule has 3 N–H and O–H groups in total. The second kappa shape index (κ2) is 8.32. The molecule has 9 nitrogen and oxygen atoms in total. The van der Waals surface area contributed by atoms with Gasteiger partial charge in [0.25, 0.3) is 0 Å². The summed E-state index contributed by atoms with van der Waals surface area (Å²) in [5.41, 5.74) is -0.411. The van der Waals surface area contributed by atoms with Crippen LogP contribution in [0.3, 0.4) is 0 Å². The van der Waals surface area contributed by atoms with E-state index >= 15 is 0 Å². The Bertz CT molecular complexity index is 1530. The number of halogens is 3. The molecule has 4 heterocycles. The van der Waals surface area contributed by atoms with Crippen molar-refractivity contribution in [2.24, 2.45) is 0 Å². The maximum absolute atomic E-state index is 14.0. The maximum Gasteiger partial charge on any atom is 0.419 e. The maximum atomic E-state index is 14.0. The summed E-state index contributed by atoms with van der Waals surface area (Å²) in [6.45, 7) is 0.869. The molecule has 1 aromatic carbocycles. The molecule has 2 aliphatic heterocycles. The predicted octanol–water partition coefficient (Wildman–Crippen LogP) is 3.75. The number of benzene rings is 1. The van der Waals surface area contributed by atoms with E-state index in [1.807, 2.05) is 6.07 Å². The number of anilines is 2. The van der Waals surface area contributed by atoms with E-state index in [9.17, 15) is 26.9 Å². The standard InChI is InChI=1S/C24H24F3N7O2S/c25-24(26,27)18-13-30-22(32-15-4-5-23(6-7-23)31-11-15)33-19(18)17-12-29-20-16(17)3-2-14(10-28)21(20)34-8-1-9-37(34,35)36/h2-3,12-13,15,29,31H,1,4-9,11H2,(H,30,32,33)/t15-/m0/s1. The van der Waals surface area contributed by atoms with Crippen molar-refractivity contribution in [3.63, 3.8) is 0 Å². The van der Waals surface area contributed by atoms with Gasteiger partial charge in [-0.05, 0) is 38.2 Å². The largest absolute Gasteiger partial charge is 0.419 e. The second-order valence-electron chi connectivity index (χ2n) is 9.93. The van der Waals surface area contributed by atoms with Gasteiger partial charge in [-0.3, -0.25) is 4.31 Å². The molecule has 0 amide bonds. The number of alkyl halides is 3. The van der Waals surface area contributed by atoms with E-state index in [0.29, 0.717) is 18.4 Å². The van der Waals surface area contributed by atoms with Crippen molar-refractivity contribution in [2.75, 3.05) is 28.5 Å². The summed E-state index contributed by atoms with van der Waals surface area (Å²) in [6.07, 6.45) is 1.98. The molecule has 2 saturated heterocycles. The Balaban J connectivity index is 1.43. The Labute approximate surface area is 211 Å². The highest BCUT2D eigenvalue weighted by atomic mass is 32.2. The molecule has 37 heavy (non-hydrogen) atoms.